The number of allylic oxidation sites excluding steroid dienone is 2. The largest absolute Gasteiger partial charge is 0.511 e. The minimum atomic E-state index is -0.814. The molecule has 0 fully saturated rings. The van der Waals surface area contributed by atoms with E-state index in [-0.39, 0.29) is 29.2 Å². The molecule has 0 spiro atoms. The van der Waals surface area contributed by atoms with Gasteiger partial charge in [-0.25, -0.2) is 0 Å². The summed E-state index contributed by atoms with van der Waals surface area (Å²) in [6.45, 7) is 4.51. The molecule has 0 saturated heterocycles. The minimum absolute atomic E-state index is 0.0280. The third kappa shape index (κ3) is 5.93. The van der Waals surface area contributed by atoms with Gasteiger partial charge in [0.2, 0.25) is 0 Å². The predicted molar refractivity (Wildman–Crippen MR) is 118 cm³/mol. The number of aliphatic carboxylic acids is 1. The third-order valence-electron chi connectivity index (χ3n) is 6.01. The SMILES string of the molecule is CC1(C)CC(=O)c2c(CCC(=NCCCCCC(=O)O)C3=C(O)CCCC3=O)noc2C1. The van der Waals surface area contributed by atoms with Crippen LogP contribution in [0, 0.1) is 5.41 Å². The van der Waals surface area contributed by atoms with Crippen LogP contribution in [0.1, 0.15) is 93.4 Å². The molecule has 0 atom stereocenters. The van der Waals surface area contributed by atoms with Crippen molar-refractivity contribution in [2.24, 2.45) is 10.4 Å². The number of carbonyl (C=O) groups is 3. The van der Waals surface area contributed by atoms with Gasteiger partial charge in [0.25, 0.3) is 0 Å². The number of rotatable bonds is 10. The number of aliphatic hydroxyl groups is 1. The summed E-state index contributed by atoms with van der Waals surface area (Å²) >= 11 is 0. The second-order valence-electron chi connectivity index (χ2n) is 9.50. The van der Waals surface area contributed by atoms with E-state index in [1.165, 1.54) is 0 Å². The number of hydrogen-bond acceptors (Lipinski definition) is 7. The zero-order chi connectivity index (χ0) is 23.3. The number of aryl methyl sites for hydroxylation is 1. The van der Waals surface area contributed by atoms with Crippen LogP contribution in [-0.2, 0) is 22.4 Å². The first-order chi connectivity index (χ1) is 15.2. The van der Waals surface area contributed by atoms with Crippen molar-refractivity contribution in [1.29, 1.82) is 0 Å². The molecule has 0 saturated carbocycles. The fourth-order valence-corrected chi connectivity index (χ4v) is 4.44. The maximum Gasteiger partial charge on any atom is 0.303 e. The van der Waals surface area contributed by atoms with Crippen molar-refractivity contribution in [2.45, 2.75) is 84.5 Å². The van der Waals surface area contributed by atoms with Crippen LogP contribution in [0.4, 0.5) is 0 Å². The Morgan fingerprint density at radius 2 is 1.88 bits per heavy atom. The molecule has 2 aliphatic rings. The molecule has 8 heteroatoms. The molecule has 3 rings (SSSR count). The van der Waals surface area contributed by atoms with E-state index < -0.39 is 5.97 Å². The summed E-state index contributed by atoms with van der Waals surface area (Å²) in [5.41, 5.74) is 1.82. The Labute approximate surface area is 187 Å². The number of carbonyl (C=O) groups excluding carboxylic acids is 2. The second-order valence-corrected chi connectivity index (χ2v) is 9.50. The van der Waals surface area contributed by atoms with Gasteiger partial charge in [0, 0.05) is 44.4 Å². The zero-order valence-corrected chi connectivity index (χ0v) is 18.9. The molecule has 0 aliphatic heterocycles. The van der Waals surface area contributed by atoms with Gasteiger partial charge in [0.1, 0.15) is 11.5 Å². The molecule has 0 aromatic carbocycles. The highest BCUT2D eigenvalue weighted by Gasteiger charge is 2.36. The summed E-state index contributed by atoms with van der Waals surface area (Å²) in [5, 5.41) is 23.3. The van der Waals surface area contributed by atoms with Crippen LogP contribution < -0.4 is 0 Å². The topological polar surface area (TPSA) is 130 Å². The lowest BCUT2D eigenvalue weighted by Gasteiger charge is -2.26. The first-order valence-corrected chi connectivity index (χ1v) is 11.4. The van der Waals surface area contributed by atoms with Gasteiger partial charge in [-0.15, -0.1) is 0 Å². The summed E-state index contributed by atoms with van der Waals surface area (Å²) in [6.07, 6.45) is 5.45. The van der Waals surface area contributed by atoms with E-state index in [9.17, 15) is 19.5 Å². The number of hydrogen-bond donors (Lipinski definition) is 2. The number of aromatic nitrogens is 1. The standard InChI is InChI=1S/C24H32N2O6/c1-24(2)13-19(29)23-16(26-32-20(23)14-24)11-10-15(22-17(27)7-6-8-18(22)28)25-12-5-3-4-9-21(30)31/h27H,3-14H2,1-2H3,(H,30,31). The fourth-order valence-electron chi connectivity index (χ4n) is 4.44. The van der Waals surface area contributed by atoms with Crippen LogP contribution >= 0.6 is 0 Å². The maximum absolute atomic E-state index is 12.7. The van der Waals surface area contributed by atoms with E-state index in [0.29, 0.717) is 92.6 Å². The number of carboxylic acid groups (broad SMARTS) is 1. The van der Waals surface area contributed by atoms with Gasteiger partial charge < -0.3 is 14.7 Å². The van der Waals surface area contributed by atoms with E-state index in [0.717, 1.165) is 6.42 Å². The predicted octanol–water partition coefficient (Wildman–Crippen LogP) is 4.41. The molecule has 174 valence electrons. The maximum atomic E-state index is 12.7. The minimum Gasteiger partial charge on any atom is -0.511 e. The molecule has 0 bridgehead atoms. The van der Waals surface area contributed by atoms with Crippen molar-refractivity contribution in [2.75, 3.05) is 6.54 Å². The highest BCUT2D eigenvalue weighted by molar-refractivity contribution is 6.23. The first-order valence-electron chi connectivity index (χ1n) is 11.4. The van der Waals surface area contributed by atoms with Crippen LogP contribution in [0.25, 0.3) is 0 Å². The van der Waals surface area contributed by atoms with E-state index in [2.05, 4.69) is 10.1 Å². The average molecular weight is 445 g/mol. The Bertz CT molecular complexity index is 954. The molecule has 2 aliphatic carbocycles. The number of nitrogens with zero attached hydrogens (tertiary/aromatic N) is 2. The van der Waals surface area contributed by atoms with Crippen LogP contribution in [0.5, 0.6) is 0 Å². The van der Waals surface area contributed by atoms with Gasteiger partial charge in [0.05, 0.1) is 16.8 Å². The number of carboxylic acids is 1. The lowest BCUT2D eigenvalue weighted by atomic mass is 9.76. The Morgan fingerprint density at radius 1 is 1.09 bits per heavy atom. The molecule has 0 unspecified atom stereocenters. The Balaban J connectivity index is 1.73. The summed E-state index contributed by atoms with van der Waals surface area (Å²) in [4.78, 5) is 40.4. The van der Waals surface area contributed by atoms with E-state index >= 15 is 0 Å². The van der Waals surface area contributed by atoms with Crippen molar-refractivity contribution in [3.05, 3.63) is 28.3 Å². The van der Waals surface area contributed by atoms with Crippen molar-refractivity contribution in [1.82, 2.24) is 5.16 Å². The fraction of sp³-hybridized carbons (Fsp3) is 0.625. The lowest BCUT2D eigenvalue weighted by molar-refractivity contribution is -0.137. The van der Waals surface area contributed by atoms with E-state index in [1.54, 1.807) is 0 Å². The molecule has 0 amide bonds. The van der Waals surface area contributed by atoms with Crippen LogP contribution in [-0.4, -0.2) is 45.2 Å². The molecule has 1 aromatic heterocycles. The monoisotopic (exact) mass is 444 g/mol. The molecule has 8 nitrogen and oxygen atoms in total. The lowest BCUT2D eigenvalue weighted by Crippen LogP contribution is -2.26. The summed E-state index contributed by atoms with van der Waals surface area (Å²) in [5.74, 6) is -0.204. The molecule has 1 aromatic rings. The van der Waals surface area contributed by atoms with Crippen LogP contribution in [0.3, 0.4) is 0 Å². The number of Topliss-reactive ketones (excluding diaryl/α,β-unsaturated/α-hetero) is 2. The molecular formula is C24H32N2O6. The normalized spacial score (nSPS) is 18.8. The van der Waals surface area contributed by atoms with Gasteiger partial charge in [-0.3, -0.25) is 19.4 Å². The van der Waals surface area contributed by atoms with Gasteiger partial charge in [-0.1, -0.05) is 25.4 Å². The summed E-state index contributed by atoms with van der Waals surface area (Å²) < 4.78 is 5.47. The van der Waals surface area contributed by atoms with Crippen LogP contribution in [0.15, 0.2) is 20.8 Å². The quantitative estimate of drug-likeness (QED) is 0.404. The number of aliphatic hydroxyl groups excluding tert-OH is 1. The number of ketones is 2. The van der Waals surface area contributed by atoms with Gasteiger partial charge in [-0.05, 0) is 37.5 Å². The third-order valence-corrected chi connectivity index (χ3v) is 6.01. The van der Waals surface area contributed by atoms with Crippen molar-refractivity contribution >= 4 is 23.2 Å². The Kier molecular flexibility index (Phi) is 7.64. The Hall–Kier alpha value is -2.77. The first kappa shape index (κ1) is 23.9. The number of aliphatic imine (C=N–C) groups is 1. The smallest absolute Gasteiger partial charge is 0.303 e. The molecule has 32 heavy (non-hydrogen) atoms. The molecular weight excluding hydrogens is 412 g/mol. The van der Waals surface area contributed by atoms with Gasteiger partial charge in [-0.2, -0.15) is 0 Å². The van der Waals surface area contributed by atoms with Gasteiger partial charge >= 0.3 is 5.97 Å². The second kappa shape index (κ2) is 10.2. The molecule has 2 N–H and O–H groups in total. The van der Waals surface area contributed by atoms with Gasteiger partial charge in [0.15, 0.2) is 11.6 Å². The van der Waals surface area contributed by atoms with Crippen molar-refractivity contribution < 1.29 is 29.1 Å². The molecule has 0 radical (unpaired) electrons. The molecule has 1 heterocycles. The average Bonchev–Trinajstić information content (AvgIpc) is 3.09. The Morgan fingerprint density at radius 3 is 2.59 bits per heavy atom. The van der Waals surface area contributed by atoms with Crippen molar-refractivity contribution in [3.8, 4) is 0 Å². The van der Waals surface area contributed by atoms with Crippen molar-refractivity contribution in [3.63, 3.8) is 0 Å². The zero-order valence-electron chi connectivity index (χ0n) is 18.9. The van der Waals surface area contributed by atoms with E-state index in [4.69, 9.17) is 9.63 Å². The number of fused-ring (bicyclic) bond motifs is 1. The van der Waals surface area contributed by atoms with E-state index in [1.807, 2.05) is 13.8 Å². The highest BCUT2D eigenvalue weighted by atomic mass is 16.5. The summed E-state index contributed by atoms with van der Waals surface area (Å²) in [6, 6.07) is 0. The number of unbranched alkanes of at least 4 members (excludes halogenated alkanes) is 2. The summed E-state index contributed by atoms with van der Waals surface area (Å²) in [7, 11) is 0. The van der Waals surface area contributed by atoms with Crippen LogP contribution in [0.2, 0.25) is 0 Å². The highest BCUT2D eigenvalue weighted by Crippen LogP contribution is 2.36.